The number of hydrogen-bond donors (Lipinski definition) is 0. The van der Waals surface area contributed by atoms with Crippen LogP contribution in [0.15, 0.2) is 51.0 Å². The zero-order chi connectivity index (χ0) is 16.3. The molecule has 0 atom stereocenters. The summed E-state index contributed by atoms with van der Waals surface area (Å²) in [6, 6.07) is 3.78. The molecule has 4 aliphatic rings. The van der Waals surface area contributed by atoms with E-state index < -0.39 is 0 Å². The van der Waals surface area contributed by atoms with Crippen molar-refractivity contribution in [3.8, 4) is 0 Å². The van der Waals surface area contributed by atoms with E-state index in [1.54, 1.807) is 23.5 Å². The molecule has 120 valence electrons. The maximum Gasteiger partial charge on any atom is 0.186 e. The summed E-state index contributed by atoms with van der Waals surface area (Å²) in [4.78, 5) is 26.3. The number of benzene rings is 1. The minimum absolute atomic E-state index is 0.0753. The Morgan fingerprint density at radius 3 is 1.58 bits per heavy atom. The van der Waals surface area contributed by atoms with Gasteiger partial charge in [-0.3, -0.25) is 9.59 Å². The molecule has 1 aromatic rings. The van der Waals surface area contributed by atoms with Gasteiger partial charge in [-0.15, -0.1) is 23.5 Å². The van der Waals surface area contributed by atoms with Gasteiger partial charge in [0.1, 0.15) is 0 Å². The van der Waals surface area contributed by atoms with Gasteiger partial charge in [0.25, 0.3) is 0 Å². The van der Waals surface area contributed by atoms with E-state index in [4.69, 9.17) is 0 Å². The number of ketones is 2. The molecule has 0 amide bonds. The molecular formula is C16H8O2S6. The number of carbonyl (C=O) groups is 2. The lowest BCUT2D eigenvalue weighted by Gasteiger charge is -2.10. The first-order valence-electron chi connectivity index (χ1n) is 7.09. The zero-order valence-corrected chi connectivity index (χ0v) is 16.9. The van der Waals surface area contributed by atoms with Gasteiger partial charge in [0.2, 0.25) is 0 Å². The molecule has 0 unspecified atom stereocenters. The lowest BCUT2D eigenvalue weighted by molar-refractivity contribution is 0.0993. The van der Waals surface area contributed by atoms with Crippen LogP contribution in [-0.4, -0.2) is 23.1 Å². The van der Waals surface area contributed by atoms with E-state index in [0.29, 0.717) is 11.1 Å². The molecule has 0 fully saturated rings. The van der Waals surface area contributed by atoms with E-state index in [2.05, 4.69) is 0 Å². The molecule has 0 radical (unpaired) electrons. The van der Waals surface area contributed by atoms with Crippen LogP contribution in [0.25, 0.3) is 0 Å². The predicted octanol–water partition coefficient (Wildman–Crippen LogP) is 6.03. The molecule has 5 rings (SSSR count). The highest BCUT2D eigenvalue weighted by atomic mass is 32.3. The van der Waals surface area contributed by atoms with E-state index >= 15 is 0 Å². The second kappa shape index (κ2) is 6.25. The van der Waals surface area contributed by atoms with E-state index in [1.807, 2.05) is 59.2 Å². The Bertz CT molecular complexity index is 842. The fraction of sp³-hybridized carbons (Fsp3) is 0.125. The van der Waals surface area contributed by atoms with Crippen LogP contribution >= 0.6 is 70.6 Å². The van der Waals surface area contributed by atoms with Gasteiger partial charge in [0.05, 0.1) is 16.9 Å². The van der Waals surface area contributed by atoms with Gasteiger partial charge in [0, 0.05) is 32.4 Å². The maximum absolute atomic E-state index is 12.1. The van der Waals surface area contributed by atoms with Crippen LogP contribution in [0, 0.1) is 0 Å². The summed E-state index contributed by atoms with van der Waals surface area (Å²) >= 11 is 11.1. The highest BCUT2D eigenvalue weighted by molar-refractivity contribution is 8.42. The molecule has 0 aromatic heterocycles. The van der Waals surface area contributed by atoms with Crippen molar-refractivity contribution in [2.75, 3.05) is 11.5 Å². The van der Waals surface area contributed by atoms with E-state index in [0.717, 1.165) is 9.79 Å². The monoisotopic (exact) mass is 424 g/mol. The zero-order valence-electron chi connectivity index (χ0n) is 12.0. The van der Waals surface area contributed by atoms with Crippen molar-refractivity contribution < 1.29 is 9.59 Å². The molecule has 8 heteroatoms. The molecular weight excluding hydrogens is 417 g/mol. The van der Waals surface area contributed by atoms with Gasteiger partial charge in [-0.2, -0.15) is 0 Å². The van der Waals surface area contributed by atoms with Crippen molar-refractivity contribution in [2.45, 2.75) is 9.79 Å². The van der Waals surface area contributed by atoms with E-state index in [-0.39, 0.29) is 11.6 Å². The third kappa shape index (κ3) is 2.66. The Labute approximate surface area is 164 Å². The van der Waals surface area contributed by atoms with Gasteiger partial charge >= 0.3 is 0 Å². The van der Waals surface area contributed by atoms with Gasteiger partial charge in [-0.05, 0) is 24.3 Å². The van der Waals surface area contributed by atoms with Crippen molar-refractivity contribution in [2.24, 2.45) is 0 Å². The molecule has 0 saturated heterocycles. The fourth-order valence-corrected chi connectivity index (χ4v) is 11.4. The number of allylic oxidation sites excluding steroid dienone is 2. The summed E-state index contributed by atoms with van der Waals surface area (Å²) in [5, 5.41) is 0. The Morgan fingerprint density at radius 1 is 0.625 bits per heavy atom. The molecule has 0 saturated carbocycles. The second-order valence-corrected chi connectivity index (χ2v) is 12.6. The van der Waals surface area contributed by atoms with Gasteiger partial charge in [-0.1, -0.05) is 47.0 Å². The predicted molar refractivity (Wildman–Crippen MR) is 110 cm³/mol. The summed E-state index contributed by atoms with van der Waals surface area (Å²) in [6.45, 7) is 0. The maximum atomic E-state index is 12.1. The van der Waals surface area contributed by atoms with Crippen molar-refractivity contribution in [1.82, 2.24) is 0 Å². The van der Waals surface area contributed by atoms with Gasteiger partial charge in [0.15, 0.2) is 11.6 Å². The molecule has 3 heterocycles. The van der Waals surface area contributed by atoms with E-state index in [9.17, 15) is 9.59 Å². The van der Waals surface area contributed by atoms with E-state index in [1.165, 1.54) is 40.6 Å². The van der Waals surface area contributed by atoms with Crippen LogP contribution in [0.4, 0.5) is 0 Å². The summed E-state index contributed by atoms with van der Waals surface area (Å²) in [6.07, 6.45) is 2.75. The summed E-state index contributed by atoms with van der Waals surface area (Å²) in [5.41, 5.74) is 1.08. The molecule has 0 N–H and O–H groups in total. The minimum atomic E-state index is -0.0753. The van der Waals surface area contributed by atoms with Crippen molar-refractivity contribution in [3.05, 3.63) is 52.4 Å². The summed E-state index contributed by atoms with van der Waals surface area (Å²) in [7, 11) is 0. The van der Waals surface area contributed by atoms with Crippen LogP contribution in [0.3, 0.4) is 0 Å². The number of carbonyl (C=O) groups excluding carboxylic acids is 2. The van der Waals surface area contributed by atoms with Crippen LogP contribution < -0.4 is 0 Å². The minimum Gasteiger partial charge on any atom is -0.289 e. The van der Waals surface area contributed by atoms with Crippen LogP contribution in [0.2, 0.25) is 0 Å². The standard InChI is InChI=1S/C16H8O2S6/c17-9-1-2-10(18)8-6-12-11(5-7(8)9)21-15(22-12)16-23-13-14(24-16)20-4-3-19-13/h1-2,5-6H,3-4H2. The first-order valence-corrected chi connectivity index (χ1v) is 12.3. The molecule has 3 aliphatic heterocycles. The Kier molecular flexibility index (Phi) is 4.18. The molecule has 2 nitrogen and oxygen atoms in total. The normalized spacial score (nSPS) is 22.2. The Balaban J connectivity index is 1.49. The topological polar surface area (TPSA) is 34.1 Å². The Hall–Kier alpha value is -0.120. The van der Waals surface area contributed by atoms with Gasteiger partial charge in [-0.25, -0.2) is 0 Å². The first kappa shape index (κ1) is 16.1. The van der Waals surface area contributed by atoms with Crippen LogP contribution in [0.1, 0.15) is 20.7 Å². The highest BCUT2D eigenvalue weighted by Crippen LogP contribution is 2.65. The van der Waals surface area contributed by atoms with Crippen molar-refractivity contribution >= 4 is 82.1 Å². The molecule has 24 heavy (non-hydrogen) atoms. The number of hydrogen-bond acceptors (Lipinski definition) is 8. The summed E-state index contributed by atoms with van der Waals surface area (Å²) < 4.78 is 5.47. The van der Waals surface area contributed by atoms with Gasteiger partial charge < -0.3 is 0 Å². The van der Waals surface area contributed by atoms with Crippen molar-refractivity contribution in [1.29, 1.82) is 0 Å². The first-order chi connectivity index (χ1) is 11.7. The number of fused-ring (bicyclic) bond motifs is 2. The lowest BCUT2D eigenvalue weighted by atomic mass is 9.95. The lowest BCUT2D eigenvalue weighted by Crippen LogP contribution is -2.11. The smallest absolute Gasteiger partial charge is 0.186 e. The average molecular weight is 425 g/mol. The largest absolute Gasteiger partial charge is 0.289 e. The average Bonchev–Trinajstić information content (AvgIpc) is 3.20. The third-order valence-corrected chi connectivity index (χ3v) is 12.5. The molecule has 0 spiro atoms. The molecule has 1 aliphatic carbocycles. The number of rotatable bonds is 0. The summed E-state index contributed by atoms with van der Waals surface area (Å²) in [5.74, 6) is 2.22. The van der Waals surface area contributed by atoms with Crippen molar-refractivity contribution in [3.63, 3.8) is 0 Å². The third-order valence-electron chi connectivity index (χ3n) is 3.66. The Morgan fingerprint density at radius 2 is 1.08 bits per heavy atom. The highest BCUT2D eigenvalue weighted by Gasteiger charge is 2.32. The van der Waals surface area contributed by atoms with Crippen LogP contribution in [0.5, 0.6) is 0 Å². The second-order valence-electron chi connectivity index (χ2n) is 5.16. The molecule has 1 aromatic carbocycles. The fourth-order valence-electron chi connectivity index (χ4n) is 2.56. The number of thioether (sulfide) groups is 6. The van der Waals surface area contributed by atoms with Crippen LogP contribution in [-0.2, 0) is 0 Å². The molecule has 0 bridgehead atoms. The SMILES string of the molecule is O=C1C=CC(=O)c2cc3c(cc21)SC(=C1SC2=C(SCCS2)S1)S3. The quantitative estimate of drug-likeness (QED) is 0.499.